The highest BCUT2D eigenvalue weighted by Gasteiger charge is 2.09. The molecule has 3 aromatic carbocycles. The number of nitrogens with two attached hydrogens (primary N) is 3. The summed E-state index contributed by atoms with van der Waals surface area (Å²) in [5.41, 5.74) is 21.9. The average Bonchev–Trinajstić information content (AvgIpc) is 2.41. The molecule has 0 saturated carbocycles. The first kappa shape index (κ1) is 11.4. The summed E-state index contributed by atoms with van der Waals surface area (Å²) in [7, 11) is 0. The van der Waals surface area contributed by atoms with Crippen LogP contribution < -0.4 is 17.2 Å². The van der Waals surface area contributed by atoms with Gasteiger partial charge in [0.15, 0.2) is 0 Å². The van der Waals surface area contributed by atoms with Gasteiger partial charge in [0.1, 0.15) is 0 Å². The van der Waals surface area contributed by atoms with E-state index in [2.05, 4.69) is 6.07 Å². The van der Waals surface area contributed by atoms with Crippen LogP contribution in [0.4, 0.5) is 17.1 Å². The molecule has 0 aliphatic heterocycles. The van der Waals surface area contributed by atoms with Gasteiger partial charge >= 0.3 is 0 Å². The molecule has 0 aliphatic rings. The van der Waals surface area contributed by atoms with Crippen molar-refractivity contribution in [2.75, 3.05) is 17.2 Å². The molecular formula is C16H15N3. The van der Waals surface area contributed by atoms with Gasteiger partial charge in [0, 0.05) is 33.6 Å². The van der Waals surface area contributed by atoms with E-state index in [-0.39, 0.29) is 0 Å². The number of hydrogen-bond donors (Lipinski definition) is 3. The molecule has 0 unspecified atom stereocenters. The Morgan fingerprint density at radius 3 is 2.21 bits per heavy atom. The Bertz CT molecular complexity index is 763. The molecule has 3 heteroatoms. The van der Waals surface area contributed by atoms with E-state index >= 15 is 0 Å². The van der Waals surface area contributed by atoms with Gasteiger partial charge < -0.3 is 17.2 Å². The Morgan fingerprint density at radius 1 is 0.684 bits per heavy atom. The van der Waals surface area contributed by atoms with Gasteiger partial charge in [0.05, 0.1) is 0 Å². The van der Waals surface area contributed by atoms with E-state index in [1.807, 2.05) is 42.5 Å². The van der Waals surface area contributed by atoms with Gasteiger partial charge in [-0.15, -0.1) is 0 Å². The van der Waals surface area contributed by atoms with Gasteiger partial charge in [0.2, 0.25) is 0 Å². The summed E-state index contributed by atoms with van der Waals surface area (Å²) in [5, 5.41) is 2.16. The van der Waals surface area contributed by atoms with Gasteiger partial charge in [-0.05, 0) is 17.5 Å². The second-order valence-electron chi connectivity index (χ2n) is 4.59. The van der Waals surface area contributed by atoms with Crippen LogP contribution in [0.3, 0.4) is 0 Å². The van der Waals surface area contributed by atoms with Gasteiger partial charge in [-0.25, -0.2) is 0 Å². The zero-order valence-corrected chi connectivity index (χ0v) is 10.4. The Kier molecular flexibility index (Phi) is 2.53. The van der Waals surface area contributed by atoms with Gasteiger partial charge in [0.25, 0.3) is 0 Å². The van der Waals surface area contributed by atoms with E-state index < -0.39 is 0 Å². The number of benzene rings is 3. The zero-order valence-electron chi connectivity index (χ0n) is 10.4. The maximum atomic E-state index is 6.27. The first-order valence-electron chi connectivity index (χ1n) is 6.09. The minimum atomic E-state index is 0.641. The lowest BCUT2D eigenvalue weighted by Gasteiger charge is -2.12. The fraction of sp³-hybridized carbons (Fsp3) is 0. The number of nitrogen functional groups attached to an aromatic ring is 3. The summed E-state index contributed by atoms with van der Waals surface area (Å²) in [6, 6.07) is 17.6. The molecule has 19 heavy (non-hydrogen) atoms. The molecule has 0 bridgehead atoms. The van der Waals surface area contributed by atoms with E-state index in [1.165, 1.54) is 0 Å². The first-order valence-corrected chi connectivity index (χ1v) is 6.09. The summed E-state index contributed by atoms with van der Waals surface area (Å²) >= 11 is 0. The molecular weight excluding hydrogens is 234 g/mol. The predicted molar refractivity (Wildman–Crippen MR) is 82.6 cm³/mol. The van der Waals surface area contributed by atoms with Crippen LogP contribution in [-0.4, -0.2) is 0 Å². The third kappa shape index (κ3) is 1.85. The molecule has 3 aromatic rings. The highest BCUT2D eigenvalue weighted by Crippen LogP contribution is 2.35. The Balaban J connectivity index is 2.28. The predicted octanol–water partition coefficient (Wildman–Crippen LogP) is 3.25. The van der Waals surface area contributed by atoms with Crippen LogP contribution in [0.25, 0.3) is 21.9 Å². The Morgan fingerprint density at radius 2 is 1.42 bits per heavy atom. The topological polar surface area (TPSA) is 78.1 Å². The number of hydrogen-bond acceptors (Lipinski definition) is 3. The second kappa shape index (κ2) is 4.21. The number of fused-ring (bicyclic) bond motifs is 1. The average molecular weight is 249 g/mol. The van der Waals surface area contributed by atoms with Crippen molar-refractivity contribution in [2.24, 2.45) is 0 Å². The monoisotopic (exact) mass is 249 g/mol. The minimum Gasteiger partial charge on any atom is -0.399 e. The maximum Gasteiger partial charge on any atom is 0.0474 e. The van der Waals surface area contributed by atoms with Crippen LogP contribution >= 0.6 is 0 Å². The molecule has 0 fully saturated rings. The third-order valence-electron chi connectivity index (χ3n) is 3.34. The van der Waals surface area contributed by atoms with E-state index in [9.17, 15) is 0 Å². The highest BCUT2D eigenvalue weighted by molar-refractivity contribution is 6.02. The van der Waals surface area contributed by atoms with Gasteiger partial charge in [-0.1, -0.05) is 42.5 Å². The lowest BCUT2D eigenvalue weighted by molar-refractivity contribution is 1.62. The van der Waals surface area contributed by atoms with Gasteiger partial charge in [-0.2, -0.15) is 0 Å². The van der Waals surface area contributed by atoms with Crippen molar-refractivity contribution in [3.8, 4) is 11.1 Å². The van der Waals surface area contributed by atoms with Crippen molar-refractivity contribution in [1.82, 2.24) is 0 Å². The lowest BCUT2D eigenvalue weighted by atomic mass is 9.97. The molecule has 0 heterocycles. The molecule has 0 aromatic heterocycles. The Labute approximate surface area is 111 Å². The Hall–Kier alpha value is -2.68. The van der Waals surface area contributed by atoms with E-state index in [0.29, 0.717) is 11.4 Å². The van der Waals surface area contributed by atoms with Crippen LogP contribution in [0.1, 0.15) is 0 Å². The van der Waals surface area contributed by atoms with Crippen molar-refractivity contribution in [1.29, 1.82) is 0 Å². The summed E-state index contributed by atoms with van der Waals surface area (Å²) in [4.78, 5) is 0. The van der Waals surface area contributed by atoms with Crippen LogP contribution in [0.2, 0.25) is 0 Å². The largest absolute Gasteiger partial charge is 0.399 e. The van der Waals surface area contributed by atoms with Crippen molar-refractivity contribution in [3.63, 3.8) is 0 Å². The van der Waals surface area contributed by atoms with Gasteiger partial charge in [-0.3, -0.25) is 0 Å². The maximum absolute atomic E-state index is 6.27. The zero-order chi connectivity index (χ0) is 13.4. The molecule has 0 atom stereocenters. The van der Waals surface area contributed by atoms with E-state index in [1.54, 1.807) is 6.07 Å². The normalized spacial score (nSPS) is 10.7. The first-order chi connectivity index (χ1) is 9.16. The fourth-order valence-electron chi connectivity index (χ4n) is 2.36. The molecule has 0 aliphatic carbocycles. The van der Waals surface area contributed by atoms with E-state index in [0.717, 1.165) is 27.6 Å². The summed E-state index contributed by atoms with van der Waals surface area (Å²) in [6.07, 6.45) is 0. The highest BCUT2D eigenvalue weighted by atomic mass is 14.6. The molecule has 3 rings (SSSR count). The second-order valence-corrected chi connectivity index (χ2v) is 4.59. The van der Waals surface area contributed by atoms with Crippen molar-refractivity contribution < 1.29 is 0 Å². The molecule has 0 amide bonds. The van der Waals surface area contributed by atoms with Crippen LogP contribution in [0, 0.1) is 0 Å². The summed E-state index contributed by atoms with van der Waals surface area (Å²) in [5.74, 6) is 0. The van der Waals surface area contributed by atoms with E-state index in [4.69, 9.17) is 17.2 Å². The molecule has 94 valence electrons. The standard InChI is InChI=1S/C16H15N3/c17-11-6-8-13(15(18)9-11)14-7-5-10-3-1-2-4-12(10)16(14)19/h1-9H,17-19H2. The summed E-state index contributed by atoms with van der Waals surface area (Å²) in [6.45, 7) is 0. The molecule has 3 nitrogen and oxygen atoms in total. The van der Waals surface area contributed by atoms with Crippen molar-refractivity contribution >= 4 is 27.8 Å². The van der Waals surface area contributed by atoms with Crippen molar-refractivity contribution in [3.05, 3.63) is 54.6 Å². The third-order valence-corrected chi connectivity index (χ3v) is 3.34. The number of anilines is 3. The number of rotatable bonds is 1. The SMILES string of the molecule is Nc1ccc(-c2ccc3ccccc3c2N)c(N)c1. The quantitative estimate of drug-likeness (QED) is 0.579. The van der Waals surface area contributed by atoms with Crippen LogP contribution in [-0.2, 0) is 0 Å². The fourth-order valence-corrected chi connectivity index (χ4v) is 2.36. The molecule has 0 radical (unpaired) electrons. The summed E-state index contributed by atoms with van der Waals surface area (Å²) < 4.78 is 0. The van der Waals surface area contributed by atoms with Crippen molar-refractivity contribution in [2.45, 2.75) is 0 Å². The molecule has 0 spiro atoms. The smallest absolute Gasteiger partial charge is 0.0474 e. The molecule has 6 N–H and O–H groups in total. The minimum absolute atomic E-state index is 0.641. The van der Waals surface area contributed by atoms with Crippen LogP contribution in [0.5, 0.6) is 0 Å². The molecule has 0 saturated heterocycles. The lowest BCUT2D eigenvalue weighted by Crippen LogP contribution is -1.97. The van der Waals surface area contributed by atoms with Crippen LogP contribution in [0.15, 0.2) is 54.6 Å².